The SMILES string of the molecule is O=C(O)CNC(c1cccs1)c1cccs1. The van der Waals surface area contributed by atoms with Gasteiger partial charge in [0.25, 0.3) is 0 Å². The number of carbonyl (C=O) groups is 1. The normalized spacial score (nSPS) is 10.8. The summed E-state index contributed by atoms with van der Waals surface area (Å²) in [4.78, 5) is 12.9. The van der Waals surface area contributed by atoms with Crippen molar-refractivity contribution in [2.24, 2.45) is 0 Å². The van der Waals surface area contributed by atoms with E-state index in [-0.39, 0.29) is 12.6 Å². The van der Waals surface area contributed by atoms with Crippen LogP contribution in [0.3, 0.4) is 0 Å². The Labute approximate surface area is 101 Å². The number of carboxylic acids is 1. The van der Waals surface area contributed by atoms with E-state index < -0.39 is 5.97 Å². The zero-order valence-electron chi connectivity index (χ0n) is 8.42. The Bertz CT molecular complexity index is 402. The molecule has 0 spiro atoms. The fraction of sp³-hybridized carbons (Fsp3) is 0.182. The molecule has 0 fully saturated rings. The van der Waals surface area contributed by atoms with Crippen molar-refractivity contribution >= 4 is 28.6 Å². The minimum atomic E-state index is -0.835. The predicted octanol–water partition coefficient (Wildman–Crippen LogP) is 2.57. The minimum absolute atomic E-state index is 0.00361. The molecule has 2 N–H and O–H groups in total. The first-order chi connectivity index (χ1) is 7.77. The van der Waals surface area contributed by atoms with Gasteiger partial charge in [0.2, 0.25) is 0 Å². The van der Waals surface area contributed by atoms with E-state index in [1.165, 1.54) is 0 Å². The van der Waals surface area contributed by atoms with Gasteiger partial charge in [-0.3, -0.25) is 10.1 Å². The van der Waals surface area contributed by atoms with Crippen molar-refractivity contribution in [2.75, 3.05) is 6.54 Å². The van der Waals surface area contributed by atoms with Crippen molar-refractivity contribution in [1.82, 2.24) is 5.32 Å². The highest BCUT2D eigenvalue weighted by Crippen LogP contribution is 2.28. The number of thiophene rings is 2. The van der Waals surface area contributed by atoms with Gasteiger partial charge >= 0.3 is 5.97 Å². The minimum Gasteiger partial charge on any atom is -0.480 e. The van der Waals surface area contributed by atoms with Crippen LogP contribution < -0.4 is 5.32 Å². The van der Waals surface area contributed by atoms with Crippen LogP contribution in [-0.2, 0) is 4.79 Å². The van der Waals surface area contributed by atoms with Gasteiger partial charge in [-0.1, -0.05) is 12.1 Å². The van der Waals surface area contributed by atoms with Crippen LogP contribution >= 0.6 is 22.7 Å². The van der Waals surface area contributed by atoms with Crippen molar-refractivity contribution in [2.45, 2.75) is 6.04 Å². The lowest BCUT2D eigenvalue weighted by molar-refractivity contribution is -0.136. The van der Waals surface area contributed by atoms with Gasteiger partial charge in [-0.2, -0.15) is 0 Å². The summed E-state index contributed by atoms with van der Waals surface area (Å²) in [7, 11) is 0. The molecule has 0 amide bonds. The van der Waals surface area contributed by atoms with Gasteiger partial charge in [0, 0.05) is 9.75 Å². The molecule has 2 aromatic rings. The summed E-state index contributed by atoms with van der Waals surface area (Å²) in [5.74, 6) is -0.835. The van der Waals surface area contributed by atoms with E-state index in [2.05, 4.69) is 5.32 Å². The van der Waals surface area contributed by atoms with Crippen molar-refractivity contribution < 1.29 is 9.90 Å². The Morgan fingerprint density at radius 3 is 2.19 bits per heavy atom. The number of aliphatic carboxylic acids is 1. The maximum atomic E-state index is 10.6. The molecule has 0 bridgehead atoms. The average molecular weight is 253 g/mol. The van der Waals surface area contributed by atoms with Crippen LogP contribution in [-0.4, -0.2) is 17.6 Å². The first kappa shape index (κ1) is 11.3. The van der Waals surface area contributed by atoms with E-state index in [4.69, 9.17) is 5.11 Å². The molecule has 5 heteroatoms. The lowest BCUT2D eigenvalue weighted by Gasteiger charge is -2.14. The molecule has 2 rings (SSSR count). The lowest BCUT2D eigenvalue weighted by Crippen LogP contribution is -2.27. The molecule has 3 nitrogen and oxygen atoms in total. The Kier molecular flexibility index (Phi) is 3.71. The molecule has 0 atom stereocenters. The van der Waals surface area contributed by atoms with Gasteiger partial charge in [0.05, 0.1) is 12.6 Å². The zero-order chi connectivity index (χ0) is 11.4. The summed E-state index contributed by atoms with van der Waals surface area (Å²) in [6.07, 6.45) is 0. The molecule has 0 saturated carbocycles. The number of hydrogen-bond acceptors (Lipinski definition) is 4. The van der Waals surface area contributed by atoms with Crippen LogP contribution in [0.5, 0.6) is 0 Å². The van der Waals surface area contributed by atoms with Gasteiger partial charge in [0.15, 0.2) is 0 Å². The van der Waals surface area contributed by atoms with E-state index in [1.54, 1.807) is 22.7 Å². The van der Waals surface area contributed by atoms with Crippen LogP contribution in [0, 0.1) is 0 Å². The number of hydrogen-bond donors (Lipinski definition) is 2. The van der Waals surface area contributed by atoms with Crippen LogP contribution in [0.1, 0.15) is 15.8 Å². The highest BCUT2D eigenvalue weighted by molar-refractivity contribution is 7.11. The fourth-order valence-electron chi connectivity index (χ4n) is 1.44. The van der Waals surface area contributed by atoms with Gasteiger partial charge in [0.1, 0.15) is 0 Å². The Hall–Kier alpha value is -1.17. The Morgan fingerprint density at radius 1 is 1.25 bits per heavy atom. The number of rotatable bonds is 5. The van der Waals surface area contributed by atoms with Gasteiger partial charge < -0.3 is 5.11 Å². The standard InChI is InChI=1S/C11H11NO2S2/c13-10(14)7-12-11(8-3-1-5-15-8)9-4-2-6-16-9/h1-6,11-12H,7H2,(H,13,14). The van der Waals surface area contributed by atoms with Crippen LogP contribution in [0.2, 0.25) is 0 Å². The third-order valence-corrected chi connectivity index (χ3v) is 3.99. The Morgan fingerprint density at radius 2 is 1.81 bits per heavy atom. The maximum Gasteiger partial charge on any atom is 0.317 e. The van der Waals surface area contributed by atoms with Crippen molar-refractivity contribution in [3.05, 3.63) is 44.8 Å². The molecule has 0 unspecified atom stereocenters. The molecular weight excluding hydrogens is 242 g/mol. The summed E-state index contributed by atoms with van der Waals surface area (Å²) in [6, 6.07) is 7.98. The molecule has 0 aromatic carbocycles. The molecule has 16 heavy (non-hydrogen) atoms. The third kappa shape index (κ3) is 2.69. The monoisotopic (exact) mass is 253 g/mol. The first-order valence-corrected chi connectivity index (χ1v) is 6.55. The number of nitrogens with one attached hydrogen (secondary N) is 1. The summed E-state index contributed by atoms with van der Waals surface area (Å²) in [5.41, 5.74) is 0. The second-order valence-electron chi connectivity index (χ2n) is 3.24. The van der Waals surface area contributed by atoms with E-state index >= 15 is 0 Å². The Balaban J connectivity index is 2.17. The average Bonchev–Trinajstić information content (AvgIpc) is 2.88. The summed E-state index contributed by atoms with van der Waals surface area (Å²) < 4.78 is 0. The van der Waals surface area contributed by atoms with E-state index in [0.29, 0.717) is 0 Å². The second-order valence-corrected chi connectivity index (χ2v) is 5.20. The van der Waals surface area contributed by atoms with Crippen LogP contribution in [0.4, 0.5) is 0 Å². The zero-order valence-corrected chi connectivity index (χ0v) is 10.1. The second kappa shape index (κ2) is 5.25. The van der Waals surface area contributed by atoms with E-state index in [1.807, 2.05) is 35.0 Å². The molecule has 2 heterocycles. The highest BCUT2D eigenvalue weighted by Gasteiger charge is 2.16. The topological polar surface area (TPSA) is 49.3 Å². The third-order valence-electron chi connectivity index (χ3n) is 2.11. The predicted molar refractivity (Wildman–Crippen MR) is 66.1 cm³/mol. The van der Waals surface area contributed by atoms with Gasteiger partial charge in [-0.15, -0.1) is 22.7 Å². The van der Waals surface area contributed by atoms with Gasteiger partial charge in [-0.05, 0) is 22.9 Å². The molecule has 0 aliphatic rings. The first-order valence-electron chi connectivity index (χ1n) is 4.79. The lowest BCUT2D eigenvalue weighted by atomic mass is 10.2. The van der Waals surface area contributed by atoms with Crippen LogP contribution in [0.25, 0.3) is 0 Å². The van der Waals surface area contributed by atoms with Crippen molar-refractivity contribution in [3.63, 3.8) is 0 Å². The summed E-state index contributed by atoms with van der Waals surface area (Å²) in [6.45, 7) is -0.0273. The fourth-order valence-corrected chi connectivity index (χ4v) is 3.15. The quantitative estimate of drug-likeness (QED) is 0.861. The maximum absolute atomic E-state index is 10.6. The summed E-state index contributed by atoms with van der Waals surface area (Å²) >= 11 is 3.26. The molecule has 84 valence electrons. The molecular formula is C11H11NO2S2. The smallest absolute Gasteiger partial charge is 0.317 e. The molecule has 0 aliphatic heterocycles. The van der Waals surface area contributed by atoms with E-state index in [0.717, 1.165) is 9.75 Å². The molecule has 2 aromatic heterocycles. The van der Waals surface area contributed by atoms with E-state index in [9.17, 15) is 4.79 Å². The molecule has 0 saturated heterocycles. The number of carboxylic acid groups (broad SMARTS) is 1. The highest BCUT2D eigenvalue weighted by atomic mass is 32.1. The molecule has 0 radical (unpaired) electrons. The van der Waals surface area contributed by atoms with Crippen molar-refractivity contribution in [3.8, 4) is 0 Å². The van der Waals surface area contributed by atoms with Gasteiger partial charge in [-0.25, -0.2) is 0 Å². The van der Waals surface area contributed by atoms with Crippen LogP contribution in [0.15, 0.2) is 35.0 Å². The largest absolute Gasteiger partial charge is 0.480 e. The van der Waals surface area contributed by atoms with Crippen molar-refractivity contribution in [1.29, 1.82) is 0 Å². The summed E-state index contributed by atoms with van der Waals surface area (Å²) in [5, 5.41) is 15.7. The molecule has 0 aliphatic carbocycles.